The SMILES string of the molecule is [CH2-][NH+](Cc1ccccc1)[C@@H](CO)c1ccccc1. The second kappa shape index (κ2) is 6.34. The van der Waals surface area contributed by atoms with E-state index < -0.39 is 0 Å². The highest BCUT2D eigenvalue weighted by Crippen LogP contribution is 2.09. The van der Waals surface area contributed by atoms with Crippen molar-refractivity contribution in [1.29, 1.82) is 0 Å². The highest BCUT2D eigenvalue weighted by atomic mass is 16.3. The summed E-state index contributed by atoms with van der Waals surface area (Å²) in [4.78, 5) is 1.05. The Morgan fingerprint density at radius 1 is 0.944 bits per heavy atom. The number of aliphatic hydroxyl groups excluding tert-OH is 1. The van der Waals surface area contributed by atoms with Gasteiger partial charge in [0.15, 0.2) is 0 Å². The van der Waals surface area contributed by atoms with Crippen molar-refractivity contribution < 1.29 is 10.0 Å². The van der Waals surface area contributed by atoms with Gasteiger partial charge in [-0.1, -0.05) is 60.7 Å². The van der Waals surface area contributed by atoms with E-state index in [1.54, 1.807) is 0 Å². The molecule has 2 N–H and O–H groups in total. The van der Waals surface area contributed by atoms with Crippen LogP contribution in [0.15, 0.2) is 60.7 Å². The van der Waals surface area contributed by atoms with Crippen molar-refractivity contribution >= 4 is 0 Å². The van der Waals surface area contributed by atoms with Crippen molar-refractivity contribution in [3.05, 3.63) is 78.8 Å². The lowest BCUT2D eigenvalue weighted by molar-refractivity contribution is -0.902. The summed E-state index contributed by atoms with van der Waals surface area (Å²) in [5.41, 5.74) is 2.36. The van der Waals surface area contributed by atoms with Gasteiger partial charge >= 0.3 is 0 Å². The lowest BCUT2D eigenvalue weighted by Crippen LogP contribution is -3.06. The molecule has 18 heavy (non-hydrogen) atoms. The monoisotopic (exact) mass is 241 g/mol. The third-order valence-electron chi connectivity index (χ3n) is 3.15. The van der Waals surface area contributed by atoms with Crippen LogP contribution in [0.4, 0.5) is 0 Å². The Balaban J connectivity index is 2.09. The average Bonchev–Trinajstić information content (AvgIpc) is 2.42. The molecule has 0 saturated carbocycles. The molecule has 0 bridgehead atoms. The minimum Gasteiger partial charge on any atom is -0.456 e. The van der Waals surface area contributed by atoms with E-state index in [0.29, 0.717) is 0 Å². The van der Waals surface area contributed by atoms with Crippen LogP contribution in [0.5, 0.6) is 0 Å². The summed E-state index contributed by atoms with van der Waals surface area (Å²) in [6, 6.07) is 20.3. The van der Waals surface area contributed by atoms with Gasteiger partial charge in [0.2, 0.25) is 0 Å². The lowest BCUT2D eigenvalue weighted by atomic mass is 10.1. The molecule has 0 radical (unpaired) electrons. The molecule has 1 unspecified atom stereocenters. The fourth-order valence-corrected chi connectivity index (χ4v) is 2.14. The normalized spacial score (nSPS) is 14.1. The van der Waals surface area contributed by atoms with Crippen LogP contribution in [0, 0.1) is 7.05 Å². The first-order chi connectivity index (χ1) is 8.81. The molecule has 0 aromatic heterocycles. The summed E-state index contributed by atoms with van der Waals surface area (Å²) in [7, 11) is 4.14. The van der Waals surface area contributed by atoms with Gasteiger partial charge in [-0.15, -0.1) is 7.05 Å². The molecule has 2 aromatic carbocycles. The Hall–Kier alpha value is -1.64. The van der Waals surface area contributed by atoms with Crippen LogP contribution >= 0.6 is 0 Å². The molecule has 2 rings (SSSR count). The standard InChI is InChI=1S/C16H19NO/c1-17(12-14-8-4-2-5-9-14)16(13-18)15-10-6-3-7-11-15/h2-11,16-18H,1,12-13H2/t16-/m0/s1. The summed E-state index contributed by atoms with van der Waals surface area (Å²) < 4.78 is 0. The lowest BCUT2D eigenvalue weighted by Gasteiger charge is -2.30. The van der Waals surface area contributed by atoms with Gasteiger partial charge in [-0.05, 0) is 0 Å². The van der Waals surface area contributed by atoms with E-state index in [-0.39, 0.29) is 12.6 Å². The molecule has 94 valence electrons. The Morgan fingerprint density at radius 3 is 2.06 bits per heavy atom. The molecule has 2 atom stereocenters. The number of hydrogen-bond donors (Lipinski definition) is 2. The van der Waals surface area contributed by atoms with Gasteiger partial charge in [0.05, 0.1) is 13.2 Å². The summed E-state index contributed by atoms with van der Waals surface area (Å²) in [6.07, 6.45) is 0. The third kappa shape index (κ3) is 3.19. The van der Waals surface area contributed by atoms with E-state index in [1.807, 2.05) is 48.5 Å². The van der Waals surface area contributed by atoms with Crippen LogP contribution in [0.2, 0.25) is 0 Å². The topological polar surface area (TPSA) is 24.7 Å². The first kappa shape index (κ1) is 12.8. The second-order valence-corrected chi connectivity index (χ2v) is 4.47. The van der Waals surface area contributed by atoms with Gasteiger partial charge in [-0.3, -0.25) is 0 Å². The number of benzene rings is 2. The van der Waals surface area contributed by atoms with Crippen LogP contribution in [-0.2, 0) is 6.54 Å². The van der Waals surface area contributed by atoms with Gasteiger partial charge in [0.1, 0.15) is 6.04 Å². The summed E-state index contributed by atoms with van der Waals surface area (Å²) >= 11 is 0. The van der Waals surface area contributed by atoms with Crippen molar-refractivity contribution in [2.75, 3.05) is 6.61 Å². The van der Waals surface area contributed by atoms with Crippen LogP contribution in [0.25, 0.3) is 0 Å². The van der Waals surface area contributed by atoms with Gasteiger partial charge < -0.3 is 10.0 Å². The third-order valence-corrected chi connectivity index (χ3v) is 3.15. The molecule has 2 heteroatoms. The summed E-state index contributed by atoms with van der Waals surface area (Å²) in [5.74, 6) is 0. The van der Waals surface area contributed by atoms with E-state index in [4.69, 9.17) is 0 Å². The highest BCUT2D eigenvalue weighted by molar-refractivity contribution is 5.18. The summed E-state index contributed by atoms with van der Waals surface area (Å²) in [6.45, 7) is 0.913. The molecular formula is C16H19NO. The maximum Gasteiger partial charge on any atom is 0.113 e. The Bertz CT molecular complexity index is 455. The van der Waals surface area contributed by atoms with E-state index in [0.717, 1.165) is 17.0 Å². The van der Waals surface area contributed by atoms with E-state index >= 15 is 0 Å². The first-order valence-electron chi connectivity index (χ1n) is 6.18. The van der Waals surface area contributed by atoms with Crippen molar-refractivity contribution in [3.8, 4) is 0 Å². The molecule has 2 nitrogen and oxygen atoms in total. The molecule has 0 amide bonds. The van der Waals surface area contributed by atoms with Gasteiger partial charge in [0, 0.05) is 11.1 Å². The quantitative estimate of drug-likeness (QED) is 0.764. The van der Waals surface area contributed by atoms with Crippen molar-refractivity contribution in [1.82, 2.24) is 0 Å². The Kier molecular flexibility index (Phi) is 4.51. The first-order valence-corrected chi connectivity index (χ1v) is 6.18. The van der Waals surface area contributed by atoms with E-state index in [2.05, 4.69) is 19.2 Å². The number of nitrogens with one attached hydrogen (secondary N) is 1. The Labute approximate surface area is 109 Å². The fraction of sp³-hybridized carbons (Fsp3) is 0.188. The van der Waals surface area contributed by atoms with E-state index in [1.165, 1.54) is 5.56 Å². The van der Waals surface area contributed by atoms with Crippen molar-refractivity contribution in [2.24, 2.45) is 0 Å². The fourth-order valence-electron chi connectivity index (χ4n) is 2.14. The molecular weight excluding hydrogens is 222 g/mol. The molecule has 0 spiro atoms. The maximum atomic E-state index is 9.57. The number of rotatable bonds is 5. The predicted molar refractivity (Wildman–Crippen MR) is 72.7 cm³/mol. The van der Waals surface area contributed by atoms with E-state index in [9.17, 15) is 5.11 Å². The van der Waals surface area contributed by atoms with Gasteiger partial charge in [-0.25, -0.2) is 0 Å². The molecule has 0 aliphatic heterocycles. The van der Waals surface area contributed by atoms with Crippen LogP contribution in [0.1, 0.15) is 17.2 Å². The molecule has 2 aromatic rings. The molecule has 0 saturated heterocycles. The zero-order chi connectivity index (χ0) is 12.8. The minimum atomic E-state index is 0.0198. The van der Waals surface area contributed by atoms with Gasteiger partial charge in [-0.2, -0.15) is 0 Å². The second-order valence-electron chi connectivity index (χ2n) is 4.47. The van der Waals surface area contributed by atoms with Gasteiger partial charge in [0.25, 0.3) is 0 Å². The average molecular weight is 241 g/mol. The van der Waals surface area contributed by atoms with Crippen LogP contribution in [-0.4, -0.2) is 11.7 Å². The number of aliphatic hydroxyl groups is 1. The van der Waals surface area contributed by atoms with Crippen molar-refractivity contribution in [3.63, 3.8) is 0 Å². The molecule has 0 aliphatic carbocycles. The Morgan fingerprint density at radius 2 is 1.50 bits per heavy atom. The zero-order valence-corrected chi connectivity index (χ0v) is 10.4. The maximum absolute atomic E-state index is 9.57. The summed E-state index contributed by atoms with van der Waals surface area (Å²) in [5, 5.41) is 9.57. The minimum absolute atomic E-state index is 0.0198. The zero-order valence-electron chi connectivity index (χ0n) is 10.4. The molecule has 0 aliphatic rings. The largest absolute Gasteiger partial charge is 0.456 e. The molecule has 0 heterocycles. The highest BCUT2D eigenvalue weighted by Gasteiger charge is 2.15. The van der Waals surface area contributed by atoms with Crippen molar-refractivity contribution in [2.45, 2.75) is 12.6 Å². The van der Waals surface area contributed by atoms with Crippen LogP contribution in [0.3, 0.4) is 0 Å². The predicted octanol–water partition coefficient (Wildman–Crippen LogP) is 1.60. The molecule has 0 fully saturated rings. The number of hydrogen-bond acceptors (Lipinski definition) is 1. The number of quaternary nitrogens is 1. The van der Waals surface area contributed by atoms with Crippen LogP contribution < -0.4 is 4.90 Å². The smallest absolute Gasteiger partial charge is 0.113 e.